The molecule has 28 heavy (non-hydrogen) atoms. The first-order valence-corrected chi connectivity index (χ1v) is 9.26. The molecule has 0 atom stereocenters. The van der Waals surface area contributed by atoms with Gasteiger partial charge in [0.2, 0.25) is 5.75 Å². The first-order valence-electron chi connectivity index (χ1n) is 9.26. The molecule has 1 fully saturated rings. The molecular weight excluding hydrogens is 360 g/mol. The quantitative estimate of drug-likeness (QED) is 0.783. The maximum atomic E-state index is 11.2. The fourth-order valence-corrected chi connectivity index (χ4v) is 3.62. The van der Waals surface area contributed by atoms with Crippen LogP contribution < -0.4 is 14.2 Å². The first kappa shape index (κ1) is 19.9. The van der Waals surface area contributed by atoms with E-state index < -0.39 is 5.97 Å². The second-order valence-electron chi connectivity index (χ2n) is 6.81. The van der Waals surface area contributed by atoms with E-state index in [1.807, 2.05) is 18.2 Å². The average molecular weight is 386 g/mol. The number of hydrogen-bond donors (Lipinski definition) is 1. The summed E-state index contributed by atoms with van der Waals surface area (Å²) in [5.41, 5.74) is 2.80. The standard InChI is InChI=1S/C21H26N2O5/c1-26-17-11-16(12-18(27-2)20(17)28-3)19-15(5-4-8-22-19)13-23-9-6-14(7-10-23)21(24)25/h4-5,8,11-12,14H,6-7,9-10,13H2,1-3H3,(H,24,25). The highest BCUT2D eigenvalue weighted by atomic mass is 16.5. The van der Waals surface area contributed by atoms with Crippen LogP contribution in [-0.2, 0) is 11.3 Å². The van der Waals surface area contributed by atoms with Gasteiger partial charge in [0.25, 0.3) is 0 Å². The highest BCUT2D eigenvalue weighted by molar-refractivity contribution is 5.71. The number of methoxy groups -OCH3 is 3. The van der Waals surface area contributed by atoms with Gasteiger partial charge < -0.3 is 19.3 Å². The maximum absolute atomic E-state index is 11.2. The van der Waals surface area contributed by atoms with Crippen molar-refractivity contribution in [2.24, 2.45) is 5.92 Å². The Kier molecular flexibility index (Phi) is 6.36. The van der Waals surface area contributed by atoms with Crippen molar-refractivity contribution in [2.45, 2.75) is 19.4 Å². The topological polar surface area (TPSA) is 81.1 Å². The molecule has 0 saturated carbocycles. The van der Waals surface area contributed by atoms with Gasteiger partial charge >= 0.3 is 5.97 Å². The van der Waals surface area contributed by atoms with Crippen LogP contribution in [0.4, 0.5) is 0 Å². The van der Waals surface area contributed by atoms with Crippen LogP contribution in [-0.4, -0.2) is 55.4 Å². The summed E-state index contributed by atoms with van der Waals surface area (Å²) in [6.07, 6.45) is 3.11. The molecule has 1 N–H and O–H groups in total. The average Bonchev–Trinajstić information content (AvgIpc) is 2.73. The van der Waals surface area contributed by atoms with E-state index in [1.54, 1.807) is 27.5 Å². The number of aromatic nitrogens is 1. The molecule has 1 saturated heterocycles. The Bertz CT molecular complexity index is 806. The lowest BCUT2D eigenvalue weighted by Crippen LogP contribution is -2.36. The number of pyridine rings is 1. The number of rotatable bonds is 7. The highest BCUT2D eigenvalue weighted by Crippen LogP contribution is 2.41. The van der Waals surface area contributed by atoms with Crippen molar-refractivity contribution in [3.8, 4) is 28.5 Å². The van der Waals surface area contributed by atoms with E-state index in [-0.39, 0.29) is 5.92 Å². The molecule has 1 aromatic carbocycles. The van der Waals surface area contributed by atoms with Gasteiger partial charge in [0.15, 0.2) is 11.5 Å². The number of piperidine rings is 1. The van der Waals surface area contributed by atoms with Gasteiger partial charge in [-0.15, -0.1) is 0 Å². The molecule has 0 bridgehead atoms. The van der Waals surface area contributed by atoms with E-state index in [0.717, 1.165) is 29.9 Å². The minimum absolute atomic E-state index is 0.236. The van der Waals surface area contributed by atoms with Crippen molar-refractivity contribution in [1.82, 2.24) is 9.88 Å². The molecule has 0 amide bonds. The van der Waals surface area contributed by atoms with Crippen LogP contribution in [0.15, 0.2) is 30.5 Å². The zero-order chi connectivity index (χ0) is 20.1. The zero-order valence-corrected chi connectivity index (χ0v) is 16.5. The van der Waals surface area contributed by atoms with Crippen molar-refractivity contribution in [2.75, 3.05) is 34.4 Å². The fourth-order valence-electron chi connectivity index (χ4n) is 3.62. The van der Waals surface area contributed by atoms with Gasteiger partial charge in [-0.05, 0) is 49.7 Å². The van der Waals surface area contributed by atoms with E-state index >= 15 is 0 Å². The van der Waals surface area contributed by atoms with Crippen LogP contribution in [0, 0.1) is 5.92 Å². The van der Waals surface area contributed by atoms with Gasteiger partial charge in [0.05, 0.1) is 32.9 Å². The number of aliphatic carboxylic acids is 1. The summed E-state index contributed by atoms with van der Waals surface area (Å²) in [5, 5.41) is 9.19. The van der Waals surface area contributed by atoms with Crippen LogP contribution in [0.2, 0.25) is 0 Å². The van der Waals surface area contributed by atoms with Crippen LogP contribution in [0.3, 0.4) is 0 Å². The van der Waals surface area contributed by atoms with E-state index in [1.165, 1.54) is 0 Å². The van der Waals surface area contributed by atoms with Gasteiger partial charge in [-0.3, -0.25) is 14.7 Å². The minimum Gasteiger partial charge on any atom is -0.493 e. The predicted molar refractivity (Wildman–Crippen MR) is 105 cm³/mol. The van der Waals surface area contributed by atoms with Crippen LogP contribution in [0.1, 0.15) is 18.4 Å². The third kappa shape index (κ3) is 4.20. The number of nitrogens with zero attached hydrogens (tertiary/aromatic N) is 2. The lowest BCUT2D eigenvalue weighted by atomic mass is 9.96. The summed E-state index contributed by atoms with van der Waals surface area (Å²) in [5.74, 6) is 0.771. The molecule has 0 unspecified atom stereocenters. The number of benzene rings is 1. The van der Waals surface area contributed by atoms with Gasteiger partial charge in [-0.2, -0.15) is 0 Å². The van der Waals surface area contributed by atoms with Crippen molar-refractivity contribution in [1.29, 1.82) is 0 Å². The Balaban J connectivity index is 1.88. The largest absolute Gasteiger partial charge is 0.493 e. The summed E-state index contributed by atoms with van der Waals surface area (Å²) < 4.78 is 16.3. The monoisotopic (exact) mass is 386 g/mol. The third-order valence-corrected chi connectivity index (χ3v) is 5.16. The molecule has 0 radical (unpaired) electrons. The summed E-state index contributed by atoms with van der Waals surface area (Å²) in [7, 11) is 4.76. The number of carbonyl (C=O) groups is 1. The summed E-state index contributed by atoms with van der Waals surface area (Å²) in [6.45, 7) is 2.24. The summed E-state index contributed by atoms with van der Waals surface area (Å²) in [6, 6.07) is 7.75. The zero-order valence-electron chi connectivity index (χ0n) is 16.5. The first-order chi connectivity index (χ1) is 13.6. The highest BCUT2D eigenvalue weighted by Gasteiger charge is 2.25. The van der Waals surface area contributed by atoms with E-state index in [0.29, 0.717) is 36.6 Å². The van der Waals surface area contributed by atoms with E-state index in [2.05, 4.69) is 16.0 Å². The number of carboxylic acids is 1. The molecule has 7 nitrogen and oxygen atoms in total. The second kappa shape index (κ2) is 8.93. The molecule has 150 valence electrons. The molecule has 1 aromatic heterocycles. The van der Waals surface area contributed by atoms with Gasteiger partial charge in [-0.25, -0.2) is 0 Å². The summed E-state index contributed by atoms with van der Waals surface area (Å²) >= 11 is 0. The van der Waals surface area contributed by atoms with Crippen LogP contribution >= 0.6 is 0 Å². The Morgan fingerprint density at radius 3 is 2.32 bits per heavy atom. The van der Waals surface area contributed by atoms with Gasteiger partial charge in [0, 0.05) is 18.3 Å². The van der Waals surface area contributed by atoms with E-state index in [4.69, 9.17) is 14.2 Å². The summed E-state index contributed by atoms with van der Waals surface area (Å²) in [4.78, 5) is 18.0. The lowest BCUT2D eigenvalue weighted by molar-refractivity contribution is -0.143. The second-order valence-corrected chi connectivity index (χ2v) is 6.81. The van der Waals surface area contributed by atoms with Crippen molar-refractivity contribution in [3.63, 3.8) is 0 Å². The number of ether oxygens (including phenoxy) is 3. The lowest BCUT2D eigenvalue weighted by Gasteiger charge is -2.30. The Morgan fingerprint density at radius 2 is 1.79 bits per heavy atom. The molecule has 1 aliphatic rings. The van der Waals surface area contributed by atoms with Crippen LogP contribution in [0.25, 0.3) is 11.3 Å². The van der Waals surface area contributed by atoms with Crippen LogP contribution in [0.5, 0.6) is 17.2 Å². The fraction of sp³-hybridized carbons (Fsp3) is 0.429. The Labute approximate surface area is 164 Å². The van der Waals surface area contributed by atoms with Crippen molar-refractivity contribution < 1.29 is 24.1 Å². The molecular formula is C21H26N2O5. The Hall–Kier alpha value is -2.80. The smallest absolute Gasteiger partial charge is 0.306 e. The molecule has 2 heterocycles. The molecule has 0 aliphatic carbocycles. The third-order valence-electron chi connectivity index (χ3n) is 5.16. The number of likely N-dealkylation sites (tertiary alicyclic amines) is 1. The minimum atomic E-state index is -0.695. The predicted octanol–water partition coefficient (Wildman–Crippen LogP) is 3.07. The molecule has 7 heteroatoms. The number of carboxylic acid groups (broad SMARTS) is 1. The Morgan fingerprint density at radius 1 is 1.14 bits per heavy atom. The molecule has 1 aliphatic heterocycles. The normalized spacial score (nSPS) is 15.2. The van der Waals surface area contributed by atoms with Crippen molar-refractivity contribution in [3.05, 3.63) is 36.0 Å². The molecule has 2 aromatic rings. The SMILES string of the molecule is COc1cc(-c2ncccc2CN2CCC(C(=O)O)CC2)cc(OC)c1OC. The maximum Gasteiger partial charge on any atom is 0.306 e. The van der Waals surface area contributed by atoms with Gasteiger partial charge in [0.1, 0.15) is 0 Å². The van der Waals surface area contributed by atoms with Gasteiger partial charge in [-0.1, -0.05) is 6.07 Å². The molecule has 3 rings (SSSR count). The number of hydrogen-bond acceptors (Lipinski definition) is 6. The molecule has 0 spiro atoms. The van der Waals surface area contributed by atoms with E-state index in [9.17, 15) is 9.90 Å². The van der Waals surface area contributed by atoms with Crippen molar-refractivity contribution >= 4 is 5.97 Å².